The van der Waals surface area contributed by atoms with Crippen molar-refractivity contribution in [3.05, 3.63) is 76.8 Å². The van der Waals surface area contributed by atoms with Gasteiger partial charge in [-0.25, -0.2) is 9.67 Å². The third-order valence-corrected chi connectivity index (χ3v) is 4.19. The van der Waals surface area contributed by atoms with Crippen LogP contribution in [0.1, 0.15) is 34.5 Å². The summed E-state index contributed by atoms with van der Waals surface area (Å²) in [5.41, 5.74) is 3.32. The fourth-order valence-electron chi connectivity index (χ4n) is 2.57. The van der Waals surface area contributed by atoms with E-state index in [1.807, 2.05) is 50.2 Å². The summed E-state index contributed by atoms with van der Waals surface area (Å²) in [7, 11) is 0. The van der Waals surface area contributed by atoms with Crippen molar-refractivity contribution in [1.29, 1.82) is 0 Å². The minimum Gasteiger partial charge on any atom is -0.345 e. The largest absolute Gasteiger partial charge is 0.345 e. The van der Waals surface area contributed by atoms with Crippen LogP contribution in [-0.2, 0) is 0 Å². The Labute approximate surface area is 145 Å². The van der Waals surface area contributed by atoms with Crippen LogP contribution in [0.3, 0.4) is 0 Å². The lowest BCUT2D eigenvalue weighted by molar-refractivity contribution is 0.0940. The van der Waals surface area contributed by atoms with Crippen molar-refractivity contribution >= 4 is 17.5 Å². The molecule has 122 valence electrons. The average molecular weight is 341 g/mol. The zero-order chi connectivity index (χ0) is 17.1. The molecule has 1 N–H and O–H groups in total. The maximum atomic E-state index is 12.5. The number of carbonyl (C=O) groups excluding carboxylic acids is 1. The molecule has 6 heteroatoms. The van der Waals surface area contributed by atoms with Gasteiger partial charge in [-0.3, -0.25) is 4.79 Å². The molecule has 1 amide bonds. The summed E-state index contributed by atoms with van der Waals surface area (Å²) >= 11 is 6.18. The smallest absolute Gasteiger partial charge is 0.251 e. The lowest BCUT2D eigenvalue weighted by atomic mass is 10.1. The maximum absolute atomic E-state index is 12.5. The van der Waals surface area contributed by atoms with Crippen LogP contribution in [0.2, 0.25) is 5.02 Å². The van der Waals surface area contributed by atoms with Crippen molar-refractivity contribution in [3.63, 3.8) is 0 Å². The molecule has 3 aromatic rings. The Balaban J connectivity index is 1.78. The molecular weight excluding hydrogens is 324 g/mol. The van der Waals surface area contributed by atoms with E-state index in [4.69, 9.17) is 11.6 Å². The molecule has 0 unspecified atom stereocenters. The van der Waals surface area contributed by atoms with E-state index in [0.29, 0.717) is 10.6 Å². The first-order chi connectivity index (χ1) is 11.6. The second-order valence-electron chi connectivity index (χ2n) is 5.56. The molecule has 2 aromatic carbocycles. The quantitative estimate of drug-likeness (QED) is 0.787. The number of rotatable bonds is 4. The normalized spacial score (nSPS) is 12.0. The Morgan fingerprint density at radius 1 is 1.25 bits per heavy atom. The molecule has 0 aliphatic heterocycles. The molecule has 0 fully saturated rings. The predicted molar refractivity (Wildman–Crippen MR) is 93.4 cm³/mol. The van der Waals surface area contributed by atoms with Crippen molar-refractivity contribution in [3.8, 4) is 5.69 Å². The highest BCUT2D eigenvalue weighted by Crippen LogP contribution is 2.23. The van der Waals surface area contributed by atoms with E-state index in [9.17, 15) is 4.79 Å². The SMILES string of the molecule is Cc1cc(C(=O)N[C@@H](C)c2ccccc2Cl)ccc1-n1cncn1. The number of aromatic nitrogens is 3. The first kappa shape index (κ1) is 16.2. The van der Waals surface area contributed by atoms with Gasteiger partial charge in [-0.2, -0.15) is 5.10 Å². The van der Waals surface area contributed by atoms with E-state index >= 15 is 0 Å². The van der Waals surface area contributed by atoms with E-state index in [2.05, 4.69) is 15.4 Å². The second kappa shape index (κ2) is 6.84. The summed E-state index contributed by atoms with van der Waals surface area (Å²) in [5.74, 6) is -0.143. The van der Waals surface area contributed by atoms with Gasteiger partial charge < -0.3 is 5.32 Å². The van der Waals surface area contributed by atoms with E-state index in [1.54, 1.807) is 17.1 Å². The topological polar surface area (TPSA) is 59.8 Å². The van der Waals surface area contributed by atoms with Gasteiger partial charge in [0.2, 0.25) is 0 Å². The Morgan fingerprint density at radius 3 is 2.71 bits per heavy atom. The first-order valence-corrected chi connectivity index (χ1v) is 7.95. The van der Waals surface area contributed by atoms with Crippen LogP contribution >= 0.6 is 11.6 Å². The molecule has 0 saturated heterocycles. The number of aryl methyl sites for hydroxylation is 1. The fourth-order valence-corrected chi connectivity index (χ4v) is 2.87. The standard InChI is InChI=1S/C18H17ClN4O/c1-12-9-14(7-8-17(12)23-11-20-10-21-23)18(24)22-13(2)15-5-3-4-6-16(15)19/h3-11,13H,1-2H3,(H,22,24)/t13-/m0/s1. The Hall–Kier alpha value is -2.66. The molecule has 0 bridgehead atoms. The summed E-state index contributed by atoms with van der Waals surface area (Å²) in [6, 6.07) is 12.8. The van der Waals surface area contributed by atoms with Crippen molar-refractivity contribution < 1.29 is 4.79 Å². The average Bonchev–Trinajstić information content (AvgIpc) is 3.09. The van der Waals surface area contributed by atoms with Crippen molar-refractivity contribution in [2.75, 3.05) is 0 Å². The van der Waals surface area contributed by atoms with Crippen molar-refractivity contribution in [2.24, 2.45) is 0 Å². The minimum absolute atomic E-state index is 0.143. The maximum Gasteiger partial charge on any atom is 0.251 e. The Morgan fingerprint density at radius 2 is 2.04 bits per heavy atom. The molecule has 3 rings (SSSR count). The van der Waals surface area contributed by atoms with Crippen LogP contribution in [0, 0.1) is 6.92 Å². The highest BCUT2D eigenvalue weighted by Gasteiger charge is 2.14. The highest BCUT2D eigenvalue weighted by atomic mass is 35.5. The number of hydrogen-bond donors (Lipinski definition) is 1. The predicted octanol–water partition coefficient (Wildman–Crippen LogP) is 3.72. The summed E-state index contributed by atoms with van der Waals surface area (Å²) in [4.78, 5) is 16.4. The Bertz CT molecular complexity index is 861. The van der Waals surface area contributed by atoms with Crippen LogP contribution in [0.15, 0.2) is 55.1 Å². The number of amides is 1. The number of carbonyl (C=O) groups is 1. The van der Waals surface area contributed by atoms with Gasteiger partial charge in [-0.15, -0.1) is 0 Å². The van der Waals surface area contributed by atoms with Crippen LogP contribution in [-0.4, -0.2) is 20.7 Å². The van der Waals surface area contributed by atoms with E-state index in [1.165, 1.54) is 6.33 Å². The fraction of sp³-hybridized carbons (Fsp3) is 0.167. The van der Waals surface area contributed by atoms with Crippen LogP contribution in [0.4, 0.5) is 0 Å². The van der Waals surface area contributed by atoms with Gasteiger partial charge in [0, 0.05) is 10.6 Å². The second-order valence-corrected chi connectivity index (χ2v) is 5.97. The third-order valence-electron chi connectivity index (χ3n) is 3.84. The summed E-state index contributed by atoms with van der Waals surface area (Å²) < 4.78 is 1.67. The number of nitrogens with one attached hydrogen (secondary N) is 1. The third kappa shape index (κ3) is 3.31. The van der Waals surface area contributed by atoms with Crippen LogP contribution in [0.25, 0.3) is 5.69 Å². The Kier molecular flexibility index (Phi) is 4.62. The van der Waals surface area contributed by atoms with Crippen molar-refractivity contribution in [1.82, 2.24) is 20.1 Å². The number of benzene rings is 2. The molecule has 0 aliphatic rings. The lowest BCUT2D eigenvalue weighted by Gasteiger charge is -2.16. The molecule has 1 heterocycles. The van der Waals surface area contributed by atoms with Crippen LogP contribution < -0.4 is 5.32 Å². The summed E-state index contributed by atoms with van der Waals surface area (Å²) in [6.45, 7) is 3.85. The molecule has 5 nitrogen and oxygen atoms in total. The van der Waals surface area contributed by atoms with Gasteiger partial charge >= 0.3 is 0 Å². The van der Waals surface area contributed by atoms with E-state index < -0.39 is 0 Å². The monoisotopic (exact) mass is 340 g/mol. The molecular formula is C18H17ClN4O. The van der Waals surface area contributed by atoms with Gasteiger partial charge in [-0.05, 0) is 49.2 Å². The summed E-state index contributed by atoms with van der Waals surface area (Å²) in [5, 5.41) is 7.73. The molecule has 0 saturated carbocycles. The van der Waals surface area contributed by atoms with Gasteiger partial charge in [0.1, 0.15) is 12.7 Å². The molecule has 1 aromatic heterocycles. The minimum atomic E-state index is -0.179. The molecule has 0 spiro atoms. The number of hydrogen-bond acceptors (Lipinski definition) is 3. The van der Waals surface area contributed by atoms with Gasteiger partial charge in [-0.1, -0.05) is 29.8 Å². The highest BCUT2D eigenvalue weighted by molar-refractivity contribution is 6.31. The van der Waals surface area contributed by atoms with E-state index in [-0.39, 0.29) is 11.9 Å². The molecule has 0 radical (unpaired) electrons. The first-order valence-electron chi connectivity index (χ1n) is 7.57. The zero-order valence-electron chi connectivity index (χ0n) is 13.4. The van der Waals surface area contributed by atoms with E-state index in [0.717, 1.165) is 16.8 Å². The number of nitrogens with zero attached hydrogens (tertiary/aromatic N) is 3. The van der Waals surface area contributed by atoms with Gasteiger partial charge in [0.15, 0.2) is 0 Å². The van der Waals surface area contributed by atoms with Gasteiger partial charge in [0.25, 0.3) is 5.91 Å². The van der Waals surface area contributed by atoms with Gasteiger partial charge in [0.05, 0.1) is 11.7 Å². The summed E-state index contributed by atoms with van der Waals surface area (Å²) in [6.07, 6.45) is 3.10. The zero-order valence-corrected chi connectivity index (χ0v) is 14.2. The molecule has 0 aliphatic carbocycles. The molecule has 1 atom stereocenters. The molecule has 24 heavy (non-hydrogen) atoms. The lowest BCUT2D eigenvalue weighted by Crippen LogP contribution is -2.27. The number of halogens is 1. The van der Waals surface area contributed by atoms with Crippen molar-refractivity contribution in [2.45, 2.75) is 19.9 Å². The van der Waals surface area contributed by atoms with Crippen LogP contribution in [0.5, 0.6) is 0 Å².